The molecule has 0 aliphatic carbocycles. The highest BCUT2D eigenvalue weighted by atomic mass is 32.2. The summed E-state index contributed by atoms with van der Waals surface area (Å²) >= 11 is 3.72. The molecule has 4 atom stereocenters. The molecule has 2 rings (SSSR count). The molecule has 1 nitrogen and oxygen atoms in total. The molecule has 1 saturated heterocycles. The predicted octanol–water partition coefficient (Wildman–Crippen LogP) is 2.53. The lowest BCUT2D eigenvalue weighted by Crippen LogP contribution is -2.17. The molecule has 0 aromatic carbocycles. The van der Waals surface area contributed by atoms with Gasteiger partial charge < -0.3 is 4.79 Å². The van der Waals surface area contributed by atoms with Crippen molar-refractivity contribution >= 4 is 29.8 Å². The maximum Gasteiger partial charge on any atom is 0.133 e. The first-order valence-corrected chi connectivity index (χ1v) is 6.05. The fourth-order valence-electron chi connectivity index (χ4n) is 1.97. The number of thioether (sulfide) groups is 2. The van der Waals surface area contributed by atoms with Crippen LogP contribution in [0.15, 0.2) is 11.0 Å². The van der Waals surface area contributed by atoms with Crippen molar-refractivity contribution in [2.75, 3.05) is 0 Å². The Kier molecular flexibility index (Phi) is 2.25. The molecule has 0 aromatic rings. The smallest absolute Gasteiger partial charge is 0.133 e. The molecule has 2 heterocycles. The lowest BCUT2D eigenvalue weighted by atomic mass is 9.88. The summed E-state index contributed by atoms with van der Waals surface area (Å²) in [5.41, 5.74) is 1.47. The standard InChI is InChI=1S/C9H12OS2/c1-5-4-11-9-8(5)6(2)7(3-10)12-9/h3-4,6-9H,1-2H3/t6-,7?,8-,9?/m1/s1. The van der Waals surface area contributed by atoms with E-state index >= 15 is 0 Å². The van der Waals surface area contributed by atoms with Gasteiger partial charge in [0.05, 0.1) is 9.83 Å². The van der Waals surface area contributed by atoms with Gasteiger partial charge in [0.1, 0.15) is 6.29 Å². The van der Waals surface area contributed by atoms with E-state index < -0.39 is 0 Å². The Labute approximate surface area is 81.4 Å². The minimum atomic E-state index is 0.233. The SMILES string of the molecule is CC1=CSC2SC(C=O)[C@@H](C)[C@@H]12. The first-order valence-electron chi connectivity index (χ1n) is 4.17. The second-order valence-electron chi connectivity index (χ2n) is 3.49. The average molecular weight is 200 g/mol. The summed E-state index contributed by atoms with van der Waals surface area (Å²) in [6.07, 6.45) is 1.11. The van der Waals surface area contributed by atoms with E-state index in [-0.39, 0.29) is 5.25 Å². The van der Waals surface area contributed by atoms with E-state index in [4.69, 9.17) is 0 Å². The van der Waals surface area contributed by atoms with E-state index in [0.717, 1.165) is 6.29 Å². The minimum Gasteiger partial charge on any atom is -0.302 e. The van der Waals surface area contributed by atoms with Gasteiger partial charge in [-0.05, 0) is 18.2 Å². The van der Waals surface area contributed by atoms with Crippen LogP contribution in [0.25, 0.3) is 0 Å². The number of aldehydes is 1. The van der Waals surface area contributed by atoms with Gasteiger partial charge >= 0.3 is 0 Å². The molecule has 0 radical (unpaired) electrons. The van der Waals surface area contributed by atoms with Crippen molar-refractivity contribution in [3.05, 3.63) is 11.0 Å². The van der Waals surface area contributed by atoms with Gasteiger partial charge in [0, 0.05) is 5.92 Å². The van der Waals surface area contributed by atoms with E-state index in [0.29, 0.717) is 16.4 Å². The van der Waals surface area contributed by atoms with Gasteiger partial charge in [-0.25, -0.2) is 0 Å². The summed E-state index contributed by atoms with van der Waals surface area (Å²) in [4.78, 5) is 10.7. The highest BCUT2D eigenvalue weighted by Gasteiger charge is 2.44. The fourth-order valence-corrected chi connectivity index (χ4v) is 5.34. The second kappa shape index (κ2) is 3.11. The third-order valence-corrected chi connectivity index (χ3v) is 5.87. The monoisotopic (exact) mass is 200 g/mol. The zero-order chi connectivity index (χ0) is 8.72. The first-order chi connectivity index (χ1) is 5.74. The van der Waals surface area contributed by atoms with Crippen LogP contribution in [0, 0.1) is 11.8 Å². The van der Waals surface area contributed by atoms with Gasteiger partial charge in [-0.15, -0.1) is 23.5 Å². The quantitative estimate of drug-likeness (QED) is 0.605. The fraction of sp³-hybridized carbons (Fsp3) is 0.667. The molecule has 0 spiro atoms. The highest BCUT2D eigenvalue weighted by molar-refractivity contribution is 8.19. The van der Waals surface area contributed by atoms with Crippen LogP contribution in [-0.4, -0.2) is 16.1 Å². The zero-order valence-corrected chi connectivity index (χ0v) is 8.82. The van der Waals surface area contributed by atoms with Crippen molar-refractivity contribution in [1.82, 2.24) is 0 Å². The number of carbonyl (C=O) groups excluding carboxylic acids is 1. The largest absolute Gasteiger partial charge is 0.302 e. The van der Waals surface area contributed by atoms with Crippen molar-refractivity contribution in [1.29, 1.82) is 0 Å². The molecule has 1 fully saturated rings. The maximum atomic E-state index is 10.7. The molecule has 0 amide bonds. The Morgan fingerprint density at radius 2 is 2.33 bits per heavy atom. The number of allylic oxidation sites excluding steroid dienone is 1. The van der Waals surface area contributed by atoms with Crippen molar-refractivity contribution < 1.29 is 4.79 Å². The number of fused-ring (bicyclic) bond motifs is 1. The molecule has 2 unspecified atom stereocenters. The Morgan fingerprint density at radius 1 is 1.58 bits per heavy atom. The Morgan fingerprint density at radius 3 is 2.92 bits per heavy atom. The summed E-state index contributed by atoms with van der Waals surface area (Å²) in [6, 6.07) is 0. The van der Waals surface area contributed by atoms with Gasteiger partial charge in [-0.1, -0.05) is 12.5 Å². The van der Waals surface area contributed by atoms with E-state index in [9.17, 15) is 4.79 Å². The first kappa shape index (κ1) is 8.70. The molecule has 0 aromatic heterocycles. The molecule has 0 saturated carbocycles. The zero-order valence-electron chi connectivity index (χ0n) is 7.19. The molecule has 3 heteroatoms. The summed E-state index contributed by atoms with van der Waals surface area (Å²) in [6.45, 7) is 4.38. The Balaban J connectivity index is 2.19. The van der Waals surface area contributed by atoms with Gasteiger partial charge in [0.15, 0.2) is 0 Å². The van der Waals surface area contributed by atoms with E-state index in [1.54, 1.807) is 0 Å². The minimum absolute atomic E-state index is 0.233. The van der Waals surface area contributed by atoms with Crippen LogP contribution in [-0.2, 0) is 4.79 Å². The molecular formula is C9H12OS2. The summed E-state index contributed by atoms with van der Waals surface area (Å²) in [5.74, 6) is 1.18. The van der Waals surface area contributed by atoms with Crippen LogP contribution in [0.1, 0.15) is 13.8 Å². The summed E-state index contributed by atoms with van der Waals surface area (Å²) < 4.78 is 0.621. The predicted molar refractivity (Wildman–Crippen MR) is 55.2 cm³/mol. The van der Waals surface area contributed by atoms with Crippen molar-refractivity contribution in [3.63, 3.8) is 0 Å². The lowest BCUT2D eigenvalue weighted by molar-refractivity contribution is -0.108. The lowest BCUT2D eigenvalue weighted by Gasteiger charge is -2.15. The van der Waals surface area contributed by atoms with E-state index in [2.05, 4.69) is 19.3 Å². The molecule has 0 N–H and O–H groups in total. The number of hydrogen-bond acceptors (Lipinski definition) is 3. The third kappa shape index (κ3) is 1.14. The number of carbonyl (C=O) groups is 1. The van der Waals surface area contributed by atoms with Crippen molar-refractivity contribution in [2.45, 2.75) is 23.7 Å². The molecule has 2 aliphatic heterocycles. The molecule has 2 aliphatic rings. The van der Waals surface area contributed by atoms with Gasteiger partial charge in [-0.3, -0.25) is 0 Å². The van der Waals surface area contributed by atoms with Gasteiger partial charge in [0.25, 0.3) is 0 Å². The van der Waals surface area contributed by atoms with Crippen LogP contribution in [0.5, 0.6) is 0 Å². The van der Waals surface area contributed by atoms with Crippen LogP contribution in [0.3, 0.4) is 0 Å². The highest BCUT2D eigenvalue weighted by Crippen LogP contribution is 2.54. The molecule has 12 heavy (non-hydrogen) atoms. The van der Waals surface area contributed by atoms with Gasteiger partial charge in [0.2, 0.25) is 0 Å². The third-order valence-electron chi connectivity index (χ3n) is 2.72. The van der Waals surface area contributed by atoms with Crippen molar-refractivity contribution in [2.24, 2.45) is 11.8 Å². The van der Waals surface area contributed by atoms with Crippen LogP contribution < -0.4 is 0 Å². The van der Waals surface area contributed by atoms with E-state index in [1.807, 2.05) is 23.5 Å². The number of hydrogen-bond donors (Lipinski definition) is 0. The van der Waals surface area contributed by atoms with E-state index in [1.165, 1.54) is 5.57 Å². The van der Waals surface area contributed by atoms with Gasteiger partial charge in [-0.2, -0.15) is 0 Å². The number of rotatable bonds is 1. The molecular weight excluding hydrogens is 188 g/mol. The molecule has 66 valence electrons. The summed E-state index contributed by atoms with van der Waals surface area (Å²) in [7, 11) is 0. The average Bonchev–Trinajstić information content (AvgIpc) is 2.55. The topological polar surface area (TPSA) is 17.1 Å². The second-order valence-corrected chi connectivity index (χ2v) is 6.13. The van der Waals surface area contributed by atoms with Crippen molar-refractivity contribution in [3.8, 4) is 0 Å². The Hall–Kier alpha value is 0.110. The maximum absolute atomic E-state index is 10.7. The van der Waals surface area contributed by atoms with Crippen LogP contribution in [0.4, 0.5) is 0 Å². The Bertz CT molecular complexity index is 237. The van der Waals surface area contributed by atoms with Crippen LogP contribution in [0.2, 0.25) is 0 Å². The molecule has 0 bridgehead atoms. The summed E-state index contributed by atoms with van der Waals surface area (Å²) in [5, 5.41) is 2.48. The van der Waals surface area contributed by atoms with Crippen LogP contribution >= 0.6 is 23.5 Å². The normalized spacial score (nSPS) is 45.7.